The second kappa shape index (κ2) is 11.0. The lowest BCUT2D eigenvalue weighted by molar-refractivity contribution is -0.130. The van der Waals surface area contributed by atoms with Gasteiger partial charge in [0.2, 0.25) is 5.91 Å². The zero-order valence-corrected chi connectivity index (χ0v) is 22.9. The molecule has 0 radical (unpaired) electrons. The first-order valence-corrected chi connectivity index (χ1v) is 13.5. The first-order valence-electron chi connectivity index (χ1n) is 13.5. The summed E-state index contributed by atoms with van der Waals surface area (Å²) in [5.41, 5.74) is 6.28. The maximum absolute atomic E-state index is 13.9. The van der Waals surface area contributed by atoms with Gasteiger partial charge in [0, 0.05) is 63.6 Å². The molecule has 5 heterocycles. The molecule has 2 aliphatic rings. The zero-order valence-electron chi connectivity index (χ0n) is 22.9. The van der Waals surface area contributed by atoms with Crippen LogP contribution in [0, 0.1) is 0 Å². The van der Waals surface area contributed by atoms with Crippen molar-refractivity contribution in [3.63, 3.8) is 0 Å². The number of halogens is 2. The molecule has 0 bridgehead atoms. The van der Waals surface area contributed by atoms with Gasteiger partial charge in [0.25, 0.3) is 12.3 Å². The van der Waals surface area contributed by atoms with Gasteiger partial charge >= 0.3 is 0 Å². The van der Waals surface area contributed by atoms with Crippen molar-refractivity contribution in [1.29, 1.82) is 0 Å². The van der Waals surface area contributed by atoms with Crippen molar-refractivity contribution in [3.8, 4) is 11.3 Å². The molecular formula is C27H35F2N9O2. The number of carbonyl (C=O) groups is 2. The van der Waals surface area contributed by atoms with Crippen molar-refractivity contribution >= 4 is 17.5 Å². The first-order chi connectivity index (χ1) is 19.1. The number of pyridine rings is 1. The van der Waals surface area contributed by atoms with E-state index in [2.05, 4.69) is 25.4 Å². The summed E-state index contributed by atoms with van der Waals surface area (Å²) in [5, 5.41) is 11.1. The smallest absolute Gasteiger partial charge is 0.284 e. The summed E-state index contributed by atoms with van der Waals surface area (Å²) < 4.78 is 31.0. The molecule has 3 N–H and O–H groups in total. The molecule has 3 aromatic heterocycles. The number of hydrogen-bond donors (Lipinski definition) is 2. The number of aromatic nitrogens is 5. The second-order valence-corrected chi connectivity index (χ2v) is 11.1. The number of rotatable bonds is 8. The van der Waals surface area contributed by atoms with Crippen LogP contribution in [0.1, 0.15) is 62.3 Å². The van der Waals surface area contributed by atoms with E-state index in [1.54, 1.807) is 29.9 Å². The van der Waals surface area contributed by atoms with Gasteiger partial charge in [-0.25, -0.2) is 13.8 Å². The summed E-state index contributed by atoms with van der Waals surface area (Å²) in [5.74, 6) is -0.513. The topological polar surface area (TPSA) is 127 Å². The fraction of sp³-hybridized carbons (Fsp3) is 0.519. The van der Waals surface area contributed by atoms with E-state index in [0.717, 1.165) is 25.9 Å². The fourth-order valence-corrected chi connectivity index (χ4v) is 5.14. The minimum Gasteiger partial charge on any atom is -0.343 e. The van der Waals surface area contributed by atoms with E-state index < -0.39 is 18.0 Å². The van der Waals surface area contributed by atoms with Crippen molar-refractivity contribution in [2.45, 2.75) is 57.7 Å². The monoisotopic (exact) mass is 555 g/mol. The molecule has 0 atom stereocenters. The number of hydrogen-bond acceptors (Lipinski definition) is 7. The fourth-order valence-electron chi connectivity index (χ4n) is 5.14. The normalized spacial score (nSPS) is 17.3. The molecule has 0 aromatic carbocycles. The number of amides is 2. The SMILES string of the molecule is CC(=O)N1CCC(N2CC(n3cc(NC(=O)c4cccc(-c5cnn(C(C)(C)CN)c5)n4)c(C(F)F)n3)C2)CC1. The average molecular weight is 556 g/mol. The van der Waals surface area contributed by atoms with Gasteiger partial charge < -0.3 is 16.0 Å². The number of nitrogens with one attached hydrogen (secondary N) is 1. The Kier molecular flexibility index (Phi) is 7.69. The molecule has 0 spiro atoms. The van der Waals surface area contributed by atoms with Gasteiger partial charge in [0.05, 0.1) is 29.2 Å². The molecule has 3 aromatic rings. The van der Waals surface area contributed by atoms with Crippen molar-refractivity contribution in [1.82, 2.24) is 34.3 Å². The molecule has 0 aliphatic carbocycles. The van der Waals surface area contributed by atoms with E-state index in [0.29, 0.717) is 36.9 Å². The molecule has 2 amide bonds. The van der Waals surface area contributed by atoms with Crippen molar-refractivity contribution < 1.29 is 18.4 Å². The Hall–Kier alpha value is -3.71. The number of anilines is 1. The number of piperidine rings is 1. The Morgan fingerprint density at radius 2 is 1.88 bits per heavy atom. The Morgan fingerprint density at radius 3 is 2.52 bits per heavy atom. The first kappa shape index (κ1) is 27.8. The molecule has 2 aliphatic heterocycles. The highest BCUT2D eigenvalue weighted by Crippen LogP contribution is 2.32. The van der Waals surface area contributed by atoms with Crippen LogP contribution in [0.3, 0.4) is 0 Å². The van der Waals surface area contributed by atoms with E-state index >= 15 is 0 Å². The third-order valence-corrected chi connectivity index (χ3v) is 7.89. The lowest BCUT2D eigenvalue weighted by Crippen LogP contribution is -2.56. The van der Waals surface area contributed by atoms with Crippen molar-refractivity contribution in [2.75, 3.05) is 38.0 Å². The van der Waals surface area contributed by atoms with E-state index in [1.165, 1.54) is 16.9 Å². The quantitative estimate of drug-likeness (QED) is 0.438. The largest absolute Gasteiger partial charge is 0.343 e. The van der Waals surface area contributed by atoms with Crippen LogP contribution in [0.5, 0.6) is 0 Å². The summed E-state index contributed by atoms with van der Waals surface area (Å²) in [6, 6.07) is 5.26. The number of nitrogens with two attached hydrogens (primary N) is 1. The van der Waals surface area contributed by atoms with Gasteiger partial charge in [0.15, 0.2) is 5.69 Å². The Balaban J connectivity index is 1.25. The van der Waals surface area contributed by atoms with Gasteiger partial charge in [-0.05, 0) is 38.8 Å². The Labute approximate surface area is 231 Å². The van der Waals surface area contributed by atoms with Crippen LogP contribution in [0.15, 0.2) is 36.8 Å². The standard InChI is InChI=1S/C27H35F2N9O2/c1-17(39)35-9-7-19(8-10-35)36-13-20(14-36)37-15-23(24(34-37)25(28)29)33-26(40)22-6-4-5-21(32-22)18-11-31-38(12-18)27(2,3)16-30/h4-6,11-12,15,19-20,25H,7-10,13-14,16,30H2,1-3H3,(H,33,40). The van der Waals surface area contributed by atoms with Gasteiger partial charge in [-0.2, -0.15) is 10.2 Å². The van der Waals surface area contributed by atoms with Crippen LogP contribution in [0.2, 0.25) is 0 Å². The van der Waals surface area contributed by atoms with Crippen LogP contribution in [-0.2, 0) is 10.3 Å². The molecule has 13 heteroatoms. The second-order valence-electron chi connectivity index (χ2n) is 11.1. The van der Waals surface area contributed by atoms with Crippen LogP contribution in [0.25, 0.3) is 11.3 Å². The average Bonchev–Trinajstić information content (AvgIpc) is 3.57. The predicted octanol–water partition coefficient (Wildman–Crippen LogP) is 2.89. The van der Waals surface area contributed by atoms with E-state index in [9.17, 15) is 18.4 Å². The van der Waals surface area contributed by atoms with Crippen LogP contribution in [0.4, 0.5) is 14.5 Å². The zero-order chi connectivity index (χ0) is 28.6. The van der Waals surface area contributed by atoms with Gasteiger partial charge in [-0.15, -0.1) is 0 Å². The van der Waals surface area contributed by atoms with E-state index in [1.807, 2.05) is 24.9 Å². The van der Waals surface area contributed by atoms with Crippen LogP contribution >= 0.6 is 0 Å². The number of carbonyl (C=O) groups excluding carboxylic acids is 2. The highest BCUT2D eigenvalue weighted by molar-refractivity contribution is 6.03. The molecule has 11 nitrogen and oxygen atoms in total. The lowest BCUT2D eigenvalue weighted by Gasteiger charge is -2.47. The Morgan fingerprint density at radius 1 is 1.15 bits per heavy atom. The van der Waals surface area contributed by atoms with Gasteiger partial charge in [-0.3, -0.25) is 23.9 Å². The number of alkyl halides is 2. The summed E-state index contributed by atoms with van der Waals surface area (Å²) in [6.45, 7) is 8.73. The van der Waals surface area contributed by atoms with Crippen LogP contribution in [-0.4, -0.2) is 84.9 Å². The van der Waals surface area contributed by atoms with E-state index in [-0.39, 0.29) is 28.9 Å². The molecule has 40 heavy (non-hydrogen) atoms. The van der Waals surface area contributed by atoms with Gasteiger partial charge in [-0.1, -0.05) is 6.07 Å². The number of likely N-dealkylation sites (tertiary alicyclic amines) is 2. The molecule has 0 saturated carbocycles. The predicted molar refractivity (Wildman–Crippen MR) is 145 cm³/mol. The highest BCUT2D eigenvalue weighted by atomic mass is 19.3. The summed E-state index contributed by atoms with van der Waals surface area (Å²) in [4.78, 5) is 33.2. The molecule has 5 rings (SSSR count). The third kappa shape index (κ3) is 5.61. The molecule has 2 saturated heterocycles. The van der Waals surface area contributed by atoms with Crippen molar-refractivity contribution in [2.24, 2.45) is 5.73 Å². The van der Waals surface area contributed by atoms with Gasteiger partial charge in [0.1, 0.15) is 5.69 Å². The Bertz CT molecular complexity index is 1370. The summed E-state index contributed by atoms with van der Waals surface area (Å²) in [6.07, 6.45) is 3.88. The third-order valence-electron chi connectivity index (χ3n) is 7.89. The molecule has 214 valence electrons. The minimum atomic E-state index is -2.85. The molecule has 2 fully saturated rings. The minimum absolute atomic E-state index is 0.0297. The van der Waals surface area contributed by atoms with Crippen molar-refractivity contribution in [3.05, 3.63) is 48.2 Å². The molecular weight excluding hydrogens is 520 g/mol. The summed E-state index contributed by atoms with van der Waals surface area (Å²) in [7, 11) is 0. The summed E-state index contributed by atoms with van der Waals surface area (Å²) >= 11 is 0. The maximum Gasteiger partial charge on any atom is 0.284 e. The lowest BCUT2D eigenvalue weighted by atomic mass is 9.97. The maximum atomic E-state index is 13.9. The molecule has 0 unspecified atom stereocenters. The number of nitrogens with zero attached hydrogens (tertiary/aromatic N) is 7. The van der Waals surface area contributed by atoms with Crippen LogP contribution < -0.4 is 11.1 Å². The van der Waals surface area contributed by atoms with E-state index in [4.69, 9.17) is 5.73 Å². The highest BCUT2D eigenvalue weighted by Gasteiger charge is 2.37.